The second-order valence-corrected chi connectivity index (χ2v) is 5.98. The molecule has 0 spiro atoms. The first-order valence-electron chi connectivity index (χ1n) is 6.29. The minimum atomic E-state index is -3.19. The molecule has 6 heteroatoms. The van der Waals surface area contributed by atoms with Crippen LogP contribution in [0.1, 0.15) is 25.8 Å². The number of rotatable bonds is 8. The molecule has 0 fully saturated rings. The van der Waals surface area contributed by atoms with Crippen LogP contribution in [-0.4, -0.2) is 27.9 Å². The molecule has 1 aromatic carbocycles. The molecule has 0 unspecified atom stereocenters. The summed E-state index contributed by atoms with van der Waals surface area (Å²) in [6.07, 6.45) is 0.599. The zero-order chi connectivity index (χ0) is 14.3. The van der Waals surface area contributed by atoms with Crippen LogP contribution in [0.25, 0.3) is 0 Å². The van der Waals surface area contributed by atoms with Crippen molar-refractivity contribution in [3.8, 4) is 11.5 Å². The lowest BCUT2D eigenvalue weighted by molar-refractivity contribution is 0.310. The summed E-state index contributed by atoms with van der Waals surface area (Å²) >= 11 is 0. The summed E-state index contributed by atoms with van der Waals surface area (Å²) in [5.74, 6) is 1.40. The maximum atomic E-state index is 11.6. The molecule has 0 aliphatic heterocycles. The van der Waals surface area contributed by atoms with Crippen LogP contribution in [0.2, 0.25) is 0 Å². The average Bonchev–Trinajstić information content (AvgIpc) is 2.38. The summed E-state index contributed by atoms with van der Waals surface area (Å²) in [6, 6.07) is 5.38. The normalized spacial score (nSPS) is 11.3. The Hall–Kier alpha value is -1.27. The van der Waals surface area contributed by atoms with Crippen LogP contribution in [0.15, 0.2) is 18.2 Å². The van der Waals surface area contributed by atoms with Gasteiger partial charge in [-0.25, -0.2) is 13.1 Å². The van der Waals surface area contributed by atoms with Gasteiger partial charge < -0.3 is 9.47 Å². The highest BCUT2D eigenvalue weighted by Gasteiger charge is 2.10. The van der Waals surface area contributed by atoms with Crippen molar-refractivity contribution in [2.24, 2.45) is 0 Å². The van der Waals surface area contributed by atoms with Gasteiger partial charge in [-0.15, -0.1) is 0 Å². The molecule has 0 bridgehead atoms. The van der Waals surface area contributed by atoms with E-state index in [2.05, 4.69) is 4.72 Å². The van der Waals surface area contributed by atoms with Crippen molar-refractivity contribution < 1.29 is 17.9 Å². The summed E-state index contributed by atoms with van der Waals surface area (Å²) < 4.78 is 36.3. The maximum absolute atomic E-state index is 11.6. The number of ether oxygens (including phenoxy) is 2. The number of methoxy groups -OCH3 is 1. The topological polar surface area (TPSA) is 64.6 Å². The first kappa shape index (κ1) is 15.8. The second-order valence-electron chi connectivity index (χ2n) is 4.06. The first-order valence-corrected chi connectivity index (χ1v) is 7.94. The van der Waals surface area contributed by atoms with Crippen molar-refractivity contribution in [2.75, 3.05) is 19.5 Å². The van der Waals surface area contributed by atoms with E-state index in [-0.39, 0.29) is 12.3 Å². The Morgan fingerprint density at radius 1 is 1.21 bits per heavy atom. The molecule has 0 saturated carbocycles. The number of benzene rings is 1. The van der Waals surface area contributed by atoms with Crippen molar-refractivity contribution in [2.45, 2.75) is 26.8 Å². The molecule has 0 amide bonds. The van der Waals surface area contributed by atoms with Crippen molar-refractivity contribution in [3.63, 3.8) is 0 Å². The number of hydrogen-bond donors (Lipinski definition) is 1. The van der Waals surface area contributed by atoms with Crippen molar-refractivity contribution in [1.82, 2.24) is 4.72 Å². The quantitative estimate of drug-likeness (QED) is 0.793. The molecule has 19 heavy (non-hydrogen) atoms. The van der Waals surface area contributed by atoms with Gasteiger partial charge in [0.1, 0.15) is 0 Å². The highest BCUT2D eigenvalue weighted by atomic mass is 32.2. The van der Waals surface area contributed by atoms with E-state index >= 15 is 0 Å². The van der Waals surface area contributed by atoms with Crippen molar-refractivity contribution in [1.29, 1.82) is 0 Å². The van der Waals surface area contributed by atoms with Crippen molar-refractivity contribution in [3.05, 3.63) is 23.8 Å². The third-order valence-electron chi connectivity index (χ3n) is 2.50. The molecular weight excluding hydrogens is 266 g/mol. The summed E-state index contributed by atoms with van der Waals surface area (Å²) in [7, 11) is -1.63. The molecule has 1 aromatic rings. The Bertz CT molecular complexity index is 499. The predicted octanol–water partition coefficient (Wildman–Crippen LogP) is 1.92. The van der Waals surface area contributed by atoms with Gasteiger partial charge in [0.2, 0.25) is 10.0 Å². The Morgan fingerprint density at radius 2 is 1.95 bits per heavy atom. The summed E-state index contributed by atoms with van der Waals surface area (Å²) in [6.45, 7) is 4.54. The van der Waals surface area contributed by atoms with Crippen LogP contribution in [0.3, 0.4) is 0 Å². The van der Waals surface area contributed by atoms with Gasteiger partial charge in [-0.2, -0.15) is 0 Å². The highest BCUT2D eigenvalue weighted by molar-refractivity contribution is 7.89. The lowest BCUT2D eigenvalue weighted by atomic mass is 10.2. The average molecular weight is 287 g/mol. The zero-order valence-corrected chi connectivity index (χ0v) is 12.4. The van der Waals surface area contributed by atoms with E-state index in [1.165, 1.54) is 0 Å². The molecular formula is C13H21NO4S. The fraction of sp³-hybridized carbons (Fsp3) is 0.538. The summed E-state index contributed by atoms with van der Waals surface area (Å²) in [4.78, 5) is 0. The fourth-order valence-electron chi connectivity index (χ4n) is 1.63. The standard InChI is InChI=1S/C13H21NO4S/c1-4-8-19(15,16)14-10-11-6-7-12(18-5-2)13(9-11)17-3/h6-7,9,14H,4-5,8,10H2,1-3H3. The summed E-state index contributed by atoms with van der Waals surface area (Å²) in [5.41, 5.74) is 0.833. The van der Waals surface area contributed by atoms with Crippen LogP contribution in [0, 0.1) is 0 Å². The van der Waals surface area contributed by atoms with Gasteiger partial charge in [-0.1, -0.05) is 13.0 Å². The number of hydrogen-bond acceptors (Lipinski definition) is 4. The monoisotopic (exact) mass is 287 g/mol. The Morgan fingerprint density at radius 3 is 2.53 bits per heavy atom. The van der Waals surface area contributed by atoms with Gasteiger partial charge >= 0.3 is 0 Å². The van der Waals surface area contributed by atoms with E-state index in [9.17, 15) is 8.42 Å². The molecule has 0 heterocycles. The fourth-order valence-corrected chi connectivity index (χ4v) is 2.70. The Kier molecular flexibility index (Phi) is 6.11. The lowest BCUT2D eigenvalue weighted by Crippen LogP contribution is -2.25. The third-order valence-corrected chi connectivity index (χ3v) is 4.03. The third kappa shape index (κ3) is 5.08. The van der Waals surface area contributed by atoms with Gasteiger partial charge in [-0.3, -0.25) is 0 Å². The molecule has 0 aromatic heterocycles. The van der Waals surface area contributed by atoms with Crippen molar-refractivity contribution >= 4 is 10.0 Å². The molecule has 0 saturated heterocycles. The molecule has 1 rings (SSSR count). The molecule has 1 N–H and O–H groups in total. The second kappa shape index (κ2) is 7.35. The molecule has 5 nitrogen and oxygen atoms in total. The van der Waals surface area contributed by atoms with E-state index in [4.69, 9.17) is 9.47 Å². The van der Waals surface area contributed by atoms with Crippen LogP contribution >= 0.6 is 0 Å². The SMILES string of the molecule is CCCS(=O)(=O)NCc1ccc(OCC)c(OC)c1. The zero-order valence-electron chi connectivity index (χ0n) is 11.6. The minimum Gasteiger partial charge on any atom is -0.493 e. The molecule has 0 aliphatic carbocycles. The van der Waals surface area contributed by atoms with E-state index < -0.39 is 10.0 Å². The smallest absolute Gasteiger partial charge is 0.211 e. The van der Waals surface area contributed by atoms with Gasteiger partial charge in [0.05, 0.1) is 19.5 Å². The predicted molar refractivity (Wildman–Crippen MR) is 75.1 cm³/mol. The van der Waals surface area contributed by atoms with E-state index in [0.717, 1.165) is 5.56 Å². The number of nitrogens with one attached hydrogen (secondary N) is 1. The van der Waals surface area contributed by atoms with Gasteiger partial charge in [0.15, 0.2) is 11.5 Å². The van der Waals surface area contributed by atoms with Gasteiger partial charge in [-0.05, 0) is 31.0 Å². The van der Waals surface area contributed by atoms with Crippen LogP contribution in [0.4, 0.5) is 0 Å². The Labute approximate surface area is 115 Å². The van der Waals surface area contributed by atoms with Crippen LogP contribution < -0.4 is 14.2 Å². The molecule has 108 valence electrons. The Balaban J connectivity index is 2.75. The van der Waals surface area contributed by atoms with Crippen LogP contribution in [0.5, 0.6) is 11.5 Å². The maximum Gasteiger partial charge on any atom is 0.211 e. The first-order chi connectivity index (χ1) is 9.02. The minimum absolute atomic E-state index is 0.140. The highest BCUT2D eigenvalue weighted by Crippen LogP contribution is 2.27. The van der Waals surface area contributed by atoms with Crippen LogP contribution in [-0.2, 0) is 16.6 Å². The van der Waals surface area contributed by atoms with E-state index in [1.54, 1.807) is 19.2 Å². The lowest BCUT2D eigenvalue weighted by Gasteiger charge is -2.11. The van der Waals surface area contributed by atoms with E-state index in [1.807, 2.05) is 19.9 Å². The number of sulfonamides is 1. The van der Waals surface area contributed by atoms with Gasteiger partial charge in [0, 0.05) is 6.54 Å². The largest absolute Gasteiger partial charge is 0.493 e. The molecule has 0 radical (unpaired) electrons. The summed E-state index contributed by atoms with van der Waals surface area (Å²) in [5, 5.41) is 0. The molecule has 0 atom stereocenters. The molecule has 0 aliphatic rings. The van der Waals surface area contributed by atoms with Gasteiger partial charge in [0.25, 0.3) is 0 Å². The van der Waals surface area contributed by atoms with E-state index in [0.29, 0.717) is 24.5 Å².